The lowest BCUT2D eigenvalue weighted by Crippen LogP contribution is -2.53. The lowest BCUT2D eigenvalue weighted by molar-refractivity contribution is 0.0797. The van der Waals surface area contributed by atoms with Crippen molar-refractivity contribution < 1.29 is 22.4 Å². The van der Waals surface area contributed by atoms with Crippen LogP contribution in [-0.4, -0.2) is 64.0 Å². The summed E-state index contributed by atoms with van der Waals surface area (Å²) in [7, 11) is 0. The van der Waals surface area contributed by atoms with Crippen molar-refractivity contribution in [2.75, 3.05) is 36.4 Å². The largest absolute Gasteiger partial charge is 0.369 e. The Hall–Kier alpha value is -3.37. The number of anilines is 2. The van der Waals surface area contributed by atoms with Gasteiger partial charge in [0.05, 0.1) is 36.8 Å². The fourth-order valence-electron chi connectivity index (χ4n) is 4.48. The molecule has 1 N–H and O–H groups in total. The average molecular weight is 446 g/mol. The number of urea groups is 1. The molecule has 2 aromatic heterocycles. The van der Waals surface area contributed by atoms with Gasteiger partial charge in [0.1, 0.15) is 17.7 Å². The quantitative estimate of drug-likeness (QED) is 0.626. The first-order chi connectivity index (χ1) is 15.3. The molecule has 2 aliphatic heterocycles. The monoisotopic (exact) mass is 446 g/mol. The van der Waals surface area contributed by atoms with Gasteiger partial charge < -0.3 is 15.1 Å². The molecular weight excluding hydrogens is 428 g/mol. The third-order valence-corrected chi connectivity index (χ3v) is 6.48. The minimum Gasteiger partial charge on any atom is -0.369 e. The molecular formula is C21H18F4N6O. The van der Waals surface area contributed by atoms with Crippen LogP contribution in [0.2, 0.25) is 0 Å². The smallest absolute Gasteiger partial charge is 0.322 e. The number of piperidine rings is 1. The molecule has 1 aromatic carbocycles. The maximum atomic E-state index is 14.5. The van der Waals surface area contributed by atoms with Crippen LogP contribution in [0.1, 0.15) is 0 Å². The van der Waals surface area contributed by atoms with Crippen molar-refractivity contribution in [2.45, 2.75) is 12.1 Å². The summed E-state index contributed by atoms with van der Waals surface area (Å²) >= 11 is 0. The van der Waals surface area contributed by atoms with Gasteiger partial charge in [0.25, 0.3) is 5.92 Å². The highest BCUT2D eigenvalue weighted by atomic mass is 19.3. The number of likely N-dealkylation sites (tertiary alicyclic amines) is 1. The molecule has 3 aromatic rings. The molecule has 11 heteroatoms. The molecule has 2 amide bonds. The number of halogens is 4. The van der Waals surface area contributed by atoms with Crippen molar-refractivity contribution in [3.05, 3.63) is 42.5 Å². The van der Waals surface area contributed by atoms with Crippen LogP contribution in [0.4, 0.5) is 33.7 Å². The van der Waals surface area contributed by atoms with Crippen LogP contribution in [0, 0.1) is 17.7 Å². The van der Waals surface area contributed by atoms with Crippen molar-refractivity contribution in [1.29, 1.82) is 0 Å². The van der Waals surface area contributed by atoms with E-state index in [0.29, 0.717) is 16.7 Å². The lowest BCUT2D eigenvalue weighted by atomic mass is 10.2. The number of hydrogen-bond donors (Lipinski definition) is 1. The van der Waals surface area contributed by atoms with Gasteiger partial charge in [-0.25, -0.2) is 32.0 Å². The summed E-state index contributed by atoms with van der Waals surface area (Å²) in [6, 6.07) is 5.40. The Bertz CT molecular complexity index is 1230. The van der Waals surface area contributed by atoms with E-state index in [1.54, 1.807) is 18.5 Å². The maximum Gasteiger partial charge on any atom is 0.322 e. The van der Waals surface area contributed by atoms with Crippen LogP contribution < -0.4 is 10.2 Å². The molecule has 2 saturated heterocycles. The minimum absolute atomic E-state index is 0.0363. The highest BCUT2D eigenvalue weighted by Crippen LogP contribution is 2.59. The minimum atomic E-state index is -2.56. The van der Waals surface area contributed by atoms with E-state index in [1.165, 1.54) is 27.8 Å². The molecule has 4 heterocycles. The normalized spacial score (nSPS) is 23.9. The number of nitrogens with zero attached hydrogens (tertiary/aromatic N) is 5. The summed E-state index contributed by atoms with van der Waals surface area (Å²) in [4.78, 5) is 19.6. The van der Waals surface area contributed by atoms with Gasteiger partial charge in [-0.3, -0.25) is 0 Å². The van der Waals surface area contributed by atoms with Crippen LogP contribution in [0.5, 0.6) is 0 Å². The van der Waals surface area contributed by atoms with Crippen molar-refractivity contribution in [1.82, 2.24) is 19.7 Å². The molecule has 32 heavy (non-hydrogen) atoms. The van der Waals surface area contributed by atoms with Crippen LogP contribution >= 0.6 is 0 Å². The number of rotatable bonds is 3. The summed E-state index contributed by atoms with van der Waals surface area (Å²) in [6.45, 7) is 0.647. The molecule has 7 nitrogen and oxygen atoms in total. The van der Waals surface area contributed by atoms with Crippen molar-refractivity contribution >= 4 is 28.4 Å². The Labute approximate surface area is 179 Å². The molecule has 1 saturated carbocycles. The molecule has 2 unspecified atom stereocenters. The third-order valence-electron chi connectivity index (χ3n) is 6.48. The summed E-state index contributed by atoms with van der Waals surface area (Å²) < 4.78 is 55.8. The second-order valence-corrected chi connectivity index (χ2v) is 8.57. The molecule has 3 fully saturated rings. The number of fused-ring (bicyclic) bond motifs is 2. The first-order valence-electron chi connectivity index (χ1n) is 10.3. The fourth-order valence-corrected chi connectivity index (χ4v) is 4.48. The zero-order valence-electron chi connectivity index (χ0n) is 16.7. The van der Waals surface area contributed by atoms with E-state index < -0.39 is 35.8 Å². The molecule has 0 spiro atoms. The number of carbonyl (C=O) groups excluding carboxylic acids is 1. The zero-order valence-corrected chi connectivity index (χ0v) is 16.7. The Morgan fingerprint density at radius 3 is 2.59 bits per heavy atom. The molecule has 0 radical (unpaired) electrons. The van der Waals surface area contributed by atoms with Gasteiger partial charge >= 0.3 is 6.03 Å². The molecule has 6 rings (SSSR count). The van der Waals surface area contributed by atoms with Crippen LogP contribution in [0.25, 0.3) is 16.7 Å². The third kappa shape index (κ3) is 2.98. The molecule has 0 bridgehead atoms. The van der Waals surface area contributed by atoms with Crippen molar-refractivity contribution in [3.63, 3.8) is 0 Å². The first kappa shape index (κ1) is 19.3. The van der Waals surface area contributed by atoms with E-state index in [9.17, 15) is 22.4 Å². The Kier molecular flexibility index (Phi) is 3.96. The maximum absolute atomic E-state index is 14.5. The fraction of sp³-hybridized carbons (Fsp3) is 0.381. The van der Waals surface area contributed by atoms with E-state index >= 15 is 0 Å². The van der Waals surface area contributed by atoms with E-state index in [1.807, 2.05) is 4.90 Å². The van der Waals surface area contributed by atoms with Gasteiger partial charge in [0.2, 0.25) is 0 Å². The summed E-state index contributed by atoms with van der Waals surface area (Å²) in [5.74, 6) is -4.30. The number of nitrogens with one attached hydrogen (secondary N) is 1. The van der Waals surface area contributed by atoms with Crippen LogP contribution in [-0.2, 0) is 0 Å². The number of carbonyl (C=O) groups is 1. The summed E-state index contributed by atoms with van der Waals surface area (Å²) in [5.41, 5.74) is 1.56. The number of benzene rings is 1. The van der Waals surface area contributed by atoms with Crippen LogP contribution in [0.15, 0.2) is 36.7 Å². The highest BCUT2D eigenvalue weighted by molar-refractivity contribution is 5.90. The number of hydrogen-bond acceptors (Lipinski definition) is 4. The second-order valence-electron chi connectivity index (χ2n) is 8.57. The van der Waals surface area contributed by atoms with Gasteiger partial charge in [0.15, 0.2) is 5.65 Å². The predicted molar refractivity (Wildman–Crippen MR) is 108 cm³/mol. The van der Waals surface area contributed by atoms with E-state index in [2.05, 4.69) is 15.4 Å². The Balaban J connectivity index is 1.24. The first-order valence-corrected chi connectivity index (χ1v) is 10.3. The highest BCUT2D eigenvalue weighted by Gasteiger charge is 2.71. The van der Waals surface area contributed by atoms with E-state index in [0.717, 1.165) is 5.69 Å². The average Bonchev–Trinajstić information content (AvgIpc) is 3.17. The Morgan fingerprint density at radius 2 is 1.88 bits per heavy atom. The standard InChI is InChI=1S/C21H18F4N6O/c22-12-7-30(8-12)20(32)27-13-1-2-17(23)18(4-13)31-6-11-3-14(5-26-19(11)28-31)29-9-15-16(10-29)21(15,24)25/h1-6,12,15-16H,7-10H2,(H,27,32). The lowest BCUT2D eigenvalue weighted by Gasteiger charge is -2.34. The topological polar surface area (TPSA) is 66.3 Å². The number of alkyl halides is 3. The number of amides is 2. The summed E-state index contributed by atoms with van der Waals surface area (Å²) in [5, 5.41) is 7.57. The van der Waals surface area contributed by atoms with E-state index in [4.69, 9.17) is 0 Å². The zero-order chi connectivity index (χ0) is 22.2. The van der Waals surface area contributed by atoms with Crippen LogP contribution in [0.3, 0.4) is 0 Å². The van der Waals surface area contributed by atoms with Gasteiger partial charge in [-0.2, -0.15) is 0 Å². The Morgan fingerprint density at radius 1 is 1.12 bits per heavy atom. The molecule has 166 valence electrons. The predicted octanol–water partition coefficient (Wildman–Crippen LogP) is 3.45. The van der Waals surface area contributed by atoms with Gasteiger partial charge in [-0.15, -0.1) is 5.10 Å². The molecule has 3 aliphatic rings. The van der Waals surface area contributed by atoms with Crippen molar-refractivity contribution in [3.8, 4) is 5.69 Å². The van der Waals surface area contributed by atoms with E-state index in [-0.39, 0.29) is 31.9 Å². The number of aromatic nitrogens is 3. The van der Waals surface area contributed by atoms with Gasteiger partial charge in [-0.1, -0.05) is 0 Å². The number of pyridine rings is 1. The molecule has 2 atom stereocenters. The second kappa shape index (κ2) is 6.57. The van der Waals surface area contributed by atoms with Gasteiger partial charge in [-0.05, 0) is 24.3 Å². The van der Waals surface area contributed by atoms with Crippen molar-refractivity contribution in [2.24, 2.45) is 11.8 Å². The van der Waals surface area contributed by atoms with Gasteiger partial charge in [0, 0.05) is 30.4 Å². The SMILES string of the molecule is O=C(Nc1ccc(F)c(-n2cc3cc(N4CC5C(C4)C5(F)F)cnc3n2)c1)N1CC(F)C1. The summed E-state index contributed by atoms with van der Waals surface area (Å²) in [6.07, 6.45) is 2.17. The molecule has 1 aliphatic carbocycles.